The van der Waals surface area contributed by atoms with E-state index in [9.17, 15) is 0 Å². The molecule has 0 spiro atoms. The SMILES string of the molecule is CCCCCN(C)c1ncnc(N)c1C. The van der Waals surface area contributed by atoms with Gasteiger partial charge in [-0.1, -0.05) is 19.8 Å². The van der Waals surface area contributed by atoms with Crippen LogP contribution < -0.4 is 10.6 Å². The van der Waals surface area contributed by atoms with Gasteiger partial charge in [-0.2, -0.15) is 0 Å². The molecule has 84 valence electrons. The summed E-state index contributed by atoms with van der Waals surface area (Å²) in [6.45, 7) is 5.18. The number of anilines is 2. The third-order valence-electron chi connectivity index (χ3n) is 2.56. The van der Waals surface area contributed by atoms with Gasteiger partial charge in [0, 0.05) is 19.2 Å². The number of aromatic nitrogens is 2. The van der Waals surface area contributed by atoms with Gasteiger partial charge in [0.25, 0.3) is 0 Å². The molecule has 0 aliphatic rings. The molecule has 0 radical (unpaired) electrons. The normalized spacial score (nSPS) is 10.3. The van der Waals surface area contributed by atoms with Crippen LogP contribution in [0.1, 0.15) is 31.7 Å². The molecule has 1 heterocycles. The first-order valence-corrected chi connectivity index (χ1v) is 5.45. The second-order valence-electron chi connectivity index (χ2n) is 3.84. The van der Waals surface area contributed by atoms with Crippen LogP contribution in [0.3, 0.4) is 0 Å². The van der Waals surface area contributed by atoms with Crippen molar-refractivity contribution in [2.45, 2.75) is 33.1 Å². The molecule has 4 nitrogen and oxygen atoms in total. The topological polar surface area (TPSA) is 55.0 Å². The van der Waals surface area contributed by atoms with E-state index in [-0.39, 0.29) is 0 Å². The molecule has 0 fully saturated rings. The van der Waals surface area contributed by atoms with Crippen LogP contribution >= 0.6 is 0 Å². The molecule has 15 heavy (non-hydrogen) atoms. The van der Waals surface area contributed by atoms with Gasteiger partial charge in [0.1, 0.15) is 18.0 Å². The summed E-state index contributed by atoms with van der Waals surface area (Å²) in [6.07, 6.45) is 5.20. The number of hydrogen-bond acceptors (Lipinski definition) is 4. The molecule has 0 amide bonds. The average Bonchev–Trinajstić information content (AvgIpc) is 2.22. The predicted molar refractivity (Wildman–Crippen MR) is 64.0 cm³/mol. The van der Waals surface area contributed by atoms with Crippen LogP contribution in [-0.4, -0.2) is 23.6 Å². The Hall–Kier alpha value is -1.32. The van der Waals surface area contributed by atoms with Crippen LogP contribution in [0.4, 0.5) is 11.6 Å². The standard InChI is InChI=1S/C11H20N4/c1-4-5-6-7-15(3)11-9(2)10(12)13-8-14-11/h8H,4-7H2,1-3H3,(H2,12,13,14). The van der Waals surface area contributed by atoms with Gasteiger partial charge in [0.2, 0.25) is 0 Å². The lowest BCUT2D eigenvalue weighted by Gasteiger charge is -2.20. The minimum Gasteiger partial charge on any atom is -0.383 e. The highest BCUT2D eigenvalue weighted by Gasteiger charge is 2.08. The van der Waals surface area contributed by atoms with Crippen molar-refractivity contribution in [2.24, 2.45) is 0 Å². The molecule has 0 aromatic carbocycles. The Bertz CT molecular complexity index is 311. The van der Waals surface area contributed by atoms with E-state index in [1.165, 1.54) is 25.6 Å². The molecule has 1 rings (SSSR count). The first kappa shape index (κ1) is 11.8. The second kappa shape index (κ2) is 5.53. The van der Waals surface area contributed by atoms with E-state index < -0.39 is 0 Å². The quantitative estimate of drug-likeness (QED) is 0.752. The smallest absolute Gasteiger partial charge is 0.136 e. The third-order valence-corrected chi connectivity index (χ3v) is 2.56. The Labute approximate surface area is 91.5 Å². The van der Waals surface area contributed by atoms with Crippen LogP contribution in [0, 0.1) is 6.92 Å². The fourth-order valence-electron chi connectivity index (χ4n) is 1.54. The molecular weight excluding hydrogens is 188 g/mol. The third kappa shape index (κ3) is 3.08. The largest absolute Gasteiger partial charge is 0.383 e. The van der Waals surface area contributed by atoms with Crippen molar-refractivity contribution in [3.63, 3.8) is 0 Å². The molecule has 0 aliphatic carbocycles. The Balaban J connectivity index is 2.65. The van der Waals surface area contributed by atoms with Crippen molar-refractivity contribution in [3.05, 3.63) is 11.9 Å². The molecule has 0 saturated carbocycles. The van der Waals surface area contributed by atoms with Crippen molar-refractivity contribution in [3.8, 4) is 0 Å². The lowest BCUT2D eigenvalue weighted by molar-refractivity contribution is 0.700. The van der Waals surface area contributed by atoms with Gasteiger partial charge in [-0.25, -0.2) is 9.97 Å². The molecule has 0 atom stereocenters. The van der Waals surface area contributed by atoms with E-state index >= 15 is 0 Å². The summed E-state index contributed by atoms with van der Waals surface area (Å²) in [6, 6.07) is 0. The fraction of sp³-hybridized carbons (Fsp3) is 0.636. The van der Waals surface area contributed by atoms with Crippen molar-refractivity contribution < 1.29 is 0 Å². The molecule has 0 saturated heterocycles. The molecule has 0 unspecified atom stereocenters. The first-order chi connectivity index (χ1) is 7.16. The highest BCUT2D eigenvalue weighted by Crippen LogP contribution is 2.18. The highest BCUT2D eigenvalue weighted by atomic mass is 15.2. The van der Waals surface area contributed by atoms with Gasteiger partial charge in [0.15, 0.2) is 0 Å². The number of nitrogens with two attached hydrogens (primary N) is 1. The average molecular weight is 208 g/mol. The summed E-state index contributed by atoms with van der Waals surface area (Å²) in [5.41, 5.74) is 6.70. The van der Waals surface area contributed by atoms with Gasteiger partial charge < -0.3 is 10.6 Å². The van der Waals surface area contributed by atoms with Crippen LogP contribution in [0.25, 0.3) is 0 Å². The van der Waals surface area contributed by atoms with Crippen molar-refractivity contribution in [2.75, 3.05) is 24.2 Å². The monoisotopic (exact) mass is 208 g/mol. The summed E-state index contributed by atoms with van der Waals surface area (Å²) in [5.74, 6) is 1.51. The van der Waals surface area contributed by atoms with Crippen LogP contribution in [0.15, 0.2) is 6.33 Å². The Morgan fingerprint density at radius 1 is 1.33 bits per heavy atom. The van der Waals surface area contributed by atoms with E-state index in [0.717, 1.165) is 17.9 Å². The summed E-state index contributed by atoms with van der Waals surface area (Å²) < 4.78 is 0. The minimum atomic E-state index is 0.572. The number of hydrogen-bond donors (Lipinski definition) is 1. The molecule has 0 bridgehead atoms. The fourth-order valence-corrected chi connectivity index (χ4v) is 1.54. The summed E-state index contributed by atoms with van der Waals surface area (Å²) in [4.78, 5) is 10.4. The highest BCUT2D eigenvalue weighted by molar-refractivity contribution is 5.55. The zero-order chi connectivity index (χ0) is 11.3. The van der Waals surface area contributed by atoms with Gasteiger partial charge in [-0.3, -0.25) is 0 Å². The van der Waals surface area contributed by atoms with E-state index in [2.05, 4.69) is 21.8 Å². The van der Waals surface area contributed by atoms with E-state index in [0.29, 0.717) is 5.82 Å². The van der Waals surface area contributed by atoms with Crippen LogP contribution in [-0.2, 0) is 0 Å². The van der Waals surface area contributed by atoms with E-state index in [1.54, 1.807) is 0 Å². The molecular formula is C11H20N4. The lowest BCUT2D eigenvalue weighted by atomic mass is 10.2. The van der Waals surface area contributed by atoms with Gasteiger partial charge in [-0.05, 0) is 13.3 Å². The summed E-state index contributed by atoms with van der Waals surface area (Å²) in [7, 11) is 2.05. The van der Waals surface area contributed by atoms with E-state index in [4.69, 9.17) is 5.73 Å². The zero-order valence-corrected chi connectivity index (χ0v) is 9.82. The number of nitrogen functional groups attached to an aromatic ring is 1. The van der Waals surface area contributed by atoms with Crippen molar-refractivity contribution in [1.29, 1.82) is 0 Å². The minimum absolute atomic E-state index is 0.572. The summed E-state index contributed by atoms with van der Waals surface area (Å²) in [5, 5.41) is 0. The zero-order valence-electron chi connectivity index (χ0n) is 9.82. The maximum absolute atomic E-state index is 5.74. The Morgan fingerprint density at radius 2 is 2.07 bits per heavy atom. The van der Waals surface area contributed by atoms with Crippen molar-refractivity contribution >= 4 is 11.6 Å². The van der Waals surface area contributed by atoms with Gasteiger partial charge in [0.05, 0.1) is 0 Å². The lowest BCUT2D eigenvalue weighted by Crippen LogP contribution is -2.21. The van der Waals surface area contributed by atoms with Crippen molar-refractivity contribution in [1.82, 2.24) is 9.97 Å². The first-order valence-electron chi connectivity index (χ1n) is 5.45. The Kier molecular flexibility index (Phi) is 4.34. The van der Waals surface area contributed by atoms with Gasteiger partial charge in [-0.15, -0.1) is 0 Å². The van der Waals surface area contributed by atoms with Crippen LogP contribution in [0.2, 0.25) is 0 Å². The number of unbranched alkanes of at least 4 members (excludes halogenated alkanes) is 2. The van der Waals surface area contributed by atoms with Gasteiger partial charge >= 0.3 is 0 Å². The molecule has 0 aliphatic heterocycles. The molecule has 1 aromatic heterocycles. The Morgan fingerprint density at radius 3 is 2.73 bits per heavy atom. The van der Waals surface area contributed by atoms with E-state index in [1.807, 2.05) is 14.0 Å². The molecule has 4 heteroatoms. The maximum Gasteiger partial charge on any atom is 0.136 e. The molecule has 2 N–H and O–H groups in total. The second-order valence-corrected chi connectivity index (χ2v) is 3.84. The number of rotatable bonds is 5. The predicted octanol–water partition coefficient (Wildman–Crippen LogP) is 1.99. The van der Waals surface area contributed by atoms with Crippen LogP contribution in [0.5, 0.6) is 0 Å². The maximum atomic E-state index is 5.74. The summed E-state index contributed by atoms with van der Waals surface area (Å²) >= 11 is 0. The number of nitrogens with zero attached hydrogens (tertiary/aromatic N) is 3. The molecule has 1 aromatic rings.